The summed E-state index contributed by atoms with van der Waals surface area (Å²) in [5.74, 6) is 0. The number of ether oxygens (including phenoxy) is 2. The topological polar surface area (TPSA) is 21.8 Å². The maximum atomic E-state index is 5.78. The summed E-state index contributed by atoms with van der Waals surface area (Å²) in [6.07, 6.45) is 28.2. The molecular formula is C26H55NaO2. The van der Waals surface area contributed by atoms with Gasteiger partial charge in [-0.25, -0.2) is 0 Å². The molecule has 1 rings (SSSR count). The summed E-state index contributed by atoms with van der Waals surface area (Å²) in [5, 5.41) is 0. The van der Waals surface area contributed by atoms with Crippen molar-refractivity contribution in [2.75, 3.05) is 26.4 Å². The fraction of sp³-hybridized carbons (Fsp3) is 1.00. The molecule has 0 aliphatic carbocycles. The molecule has 0 amide bonds. The van der Waals surface area contributed by atoms with Gasteiger partial charge in [0.1, 0.15) is 0 Å². The Morgan fingerprint density at radius 3 is 0.931 bits per heavy atom. The zero-order valence-electron chi connectivity index (χ0n) is 19.8. The molecule has 0 bridgehead atoms. The Morgan fingerprint density at radius 2 is 0.690 bits per heavy atom. The maximum absolute atomic E-state index is 5.78. The van der Waals surface area contributed by atoms with Crippen LogP contribution in [-0.4, -0.2) is 56.0 Å². The molecule has 0 unspecified atom stereocenters. The van der Waals surface area contributed by atoms with Crippen molar-refractivity contribution in [3.63, 3.8) is 0 Å². The Kier molecular flexibility index (Phi) is 34.4. The van der Waals surface area contributed by atoms with E-state index in [2.05, 4.69) is 18.6 Å². The van der Waals surface area contributed by atoms with Gasteiger partial charge in [0, 0.05) is 13.2 Å². The molecule has 3 heteroatoms. The fourth-order valence-corrected chi connectivity index (χ4v) is 3.49. The van der Waals surface area contributed by atoms with E-state index in [1.807, 2.05) is 0 Å². The molecule has 0 aromatic rings. The average molecular weight is 423 g/mol. The quantitative estimate of drug-likeness (QED) is 0.0995. The molecule has 0 saturated carbocycles. The second kappa shape index (κ2) is 31.1. The van der Waals surface area contributed by atoms with Crippen molar-refractivity contribution in [2.45, 2.75) is 142 Å². The minimum atomic E-state index is 0. The SMILES string of the molecule is C1CO1.CCCCCCCCCCCCOCCCCCCCCCCCC.[NaH]. The van der Waals surface area contributed by atoms with Gasteiger partial charge in [-0.2, -0.15) is 0 Å². The third-order valence-electron chi connectivity index (χ3n) is 5.49. The number of epoxide rings is 1. The number of unbranched alkanes of at least 4 members (excludes halogenated alkanes) is 18. The molecular weight excluding hydrogens is 367 g/mol. The van der Waals surface area contributed by atoms with Gasteiger partial charge in [0.15, 0.2) is 0 Å². The summed E-state index contributed by atoms with van der Waals surface area (Å²) in [7, 11) is 0. The molecule has 1 aliphatic rings. The van der Waals surface area contributed by atoms with Gasteiger partial charge in [0.25, 0.3) is 0 Å². The van der Waals surface area contributed by atoms with Crippen molar-refractivity contribution < 1.29 is 9.47 Å². The van der Waals surface area contributed by atoms with Gasteiger partial charge in [0.05, 0.1) is 13.2 Å². The standard InChI is InChI=1S/C24H50O.C2H4O.Na.H/c1-3-5-7-9-11-13-15-17-19-21-23-25-24-22-20-18-16-14-12-10-8-6-4-2;1-2-3-1;;/h3-24H2,1-2H3;1-2H2;;. The Labute approximate surface area is 207 Å². The molecule has 1 fully saturated rings. The molecule has 0 aromatic carbocycles. The molecule has 0 spiro atoms. The zero-order valence-corrected chi connectivity index (χ0v) is 19.8. The monoisotopic (exact) mass is 422 g/mol. The molecule has 29 heavy (non-hydrogen) atoms. The van der Waals surface area contributed by atoms with Gasteiger partial charge in [-0.05, 0) is 12.8 Å². The minimum absolute atomic E-state index is 0. The molecule has 172 valence electrons. The molecule has 1 saturated heterocycles. The van der Waals surface area contributed by atoms with E-state index in [4.69, 9.17) is 4.74 Å². The van der Waals surface area contributed by atoms with Gasteiger partial charge in [-0.1, -0.05) is 129 Å². The van der Waals surface area contributed by atoms with Crippen LogP contribution in [0, 0.1) is 0 Å². The van der Waals surface area contributed by atoms with Crippen LogP contribution in [0.15, 0.2) is 0 Å². The van der Waals surface area contributed by atoms with Crippen LogP contribution in [-0.2, 0) is 9.47 Å². The predicted octanol–water partition coefficient (Wildman–Crippen LogP) is 8.21. The van der Waals surface area contributed by atoms with Crippen LogP contribution in [0.3, 0.4) is 0 Å². The van der Waals surface area contributed by atoms with E-state index in [-0.39, 0.29) is 29.6 Å². The third-order valence-corrected chi connectivity index (χ3v) is 5.49. The van der Waals surface area contributed by atoms with Gasteiger partial charge < -0.3 is 9.47 Å². The number of hydrogen-bond acceptors (Lipinski definition) is 2. The summed E-state index contributed by atoms with van der Waals surface area (Å²) < 4.78 is 10.3. The van der Waals surface area contributed by atoms with Crippen molar-refractivity contribution in [1.82, 2.24) is 0 Å². The van der Waals surface area contributed by atoms with Gasteiger partial charge in [-0.3, -0.25) is 0 Å². The number of rotatable bonds is 22. The first kappa shape index (κ1) is 32.1. The third kappa shape index (κ3) is 36.6. The second-order valence-corrected chi connectivity index (χ2v) is 8.59. The van der Waals surface area contributed by atoms with Gasteiger partial charge in [-0.15, -0.1) is 0 Å². The van der Waals surface area contributed by atoms with Crippen LogP contribution < -0.4 is 0 Å². The molecule has 1 aliphatic heterocycles. The predicted molar refractivity (Wildman–Crippen MR) is 132 cm³/mol. The summed E-state index contributed by atoms with van der Waals surface area (Å²) in [6.45, 7) is 8.57. The van der Waals surface area contributed by atoms with Crippen LogP contribution in [0.5, 0.6) is 0 Å². The van der Waals surface area contributed by atoms with Crippen LogP contribution in [0.4, 0.5) is 0 Å². The Bertz CT molecular complexity index is 234. The van der Waals surface area contributed by atoms with Crippen LogP contribution in [0.2, 0.25) is 0 Å². The second-order valence-electron chi connectivity index (χ2n) is 8.59. The average Bonchev–Trinajstić information content (AvgIpc) is 3.58. The van der Waals surface area contributed by atoms with E-state index >= 15 is 0 Å². The van der Waals surface area contributed by atoms with Crippen LogP contribution in [0.25, 0.3) is 0 Å². The summed E-state index contributed by atoms with van der Waals surface area (Å²) >= 11 is 0. The molecule has 0 N–H and O–H groups in total. The van der Waals surface area contributed by atoms with E-state index in [9.17, 15) is 0 Å². The first-order valence-corrected chi connectivity index (χ1v) is 13.1. The summed E-state index contributed by atoms with van der Waals surface area (Å²) in [4.78, 5) is 0. The fourth-order valence-electron chi connectivity index (χ4n) is 3.49. The van der Waals surface area contributed by atoms with Crippen molar-refractivity contribution >= 4 is 29.6 Å². The van der Waals surface area contributed by atoms with Crippen LogP contribution >= 0.6 is 0 Å². The summed E-state index contributed by atoms with van der Waals surface area (Å²) in [5.41, 5.74) is 0. The molecule has 2 nitrogen and oxygen atoms in total. The van der Waals surface area contributed by atoms with Gasteiger partial charge in [0.2, 0.25) is 0 Å². The normalized spacial score (nSPS) is 12.2. The first-order chi connectivity index (χ1) is 13.9. The Balaban J connectivity index is 0. The van der Waals surface area contributed by atoms with E-state index in [1.165, 1.54) is 128 Å². The molecule has 1 heterocycles. The summed E-state index contributed by atoms with van der Waals surface area (Å²) in [6, 6.07) is 0. The van der Waals surface area contributed by atoms with E-state index < -0.39 is 0 Å². The van der Waals surface area contributed by atoms with E-state index in [0.717, 1.165) is 26.4 Å². The Hall–Kier alpha value is 0.920. The first-order valence-electron chi connectivity index (χ1n) is 13.1. The van der Waals surface area contributed by atoms with E-state index in [0.29, 0.717) is 0 Å². The van der Waals surface area contributed by atoms with Crippen LogP contribution in [0.1, 0.15) is 142 Å². The van der Waals surface area contributed by atoms with Crippen molar-refractivity contribution in [1.29, 1.82) is 0 Å². The van der Waals surface area contributed by atoms with Crippen molar-refractivity contribution in [3.05, 3.63) is 0 Å². The van der Waals surface area contributed by atoms with Crippen molar-refractivity contribution in [2.24, 2.45) is 0 Å². The van der Waals surface area contributed by atoms with Crippen molar-refractivity contribution in [3.8, 4) is 0 Å². The molecule has 0 atom stereocenters. The zero-order chi connectivity index (χ0) is 20.4. The van der Waals surface area contributed by atoms with Gasteiger partial charge >= 0.3 is 29.6 Å². The molecule has 0 aromatic heterocycles. The Morgan fingerprint density at radius 1 is 0.448 bits per heavy atom. The molecule has 0 radical (unpaired) electrons. The van der Waals surface area contributed by atoms with E-state index in [1.54, 1.807) is 0 Å². The number of hydrogen-bond donors (Lipinski definition) is 0.